The second-order valence-corrected chi connectivity index (χ2v) is 8.09. The lowest BCUT2D eigenvalue weighted by atomic mass is 10.0. The smallest absolute Gasteiger partial charge is 0.244 e. The number of benzene rings is 3. The van der Waals surface area contributed by atoms with Gasteiger partial charge in [0, 0.05) is 12.8 Å². The lowest BCUT2D eigenvalue weighted by molar-refractivity contribution is -0.117. The molecular formula is C25H22Cl2N2O3. The van der Waals surface area contributed by atoms with Gasteiger partial charge in [0.25, 0.3) is 0 Å². The van der Waals surface area contributed by atoms with Crippen molar-refractivity contribution in [2.24, 2.45) is 4.99 Å². The van der Waals surface area contributed by atoms with Crippen LogP contribution in [-0.4, -0.2) is 32.9 Å². The average Bonchev–Trinajstić information content (AvgIpc) is 3.08. The first-order valence-corrected chi connectivity index (χ1v) is 10.9. The van der Waals surface area contributed by atoms with Crippen molar-refractivity contribution >= 4 is 46.7 Å². The molecule has 1 aliphatic heterocycles. The Balaban J connectivity index is 1.54. The predicted octanol–water partition coefficient (Wildman–Crippen LogP) is 6.09. The Morgan fingerprint density at radius 2 is 1.69 bits per heavy atom. The maximum atomic E-state index is 13.4. The first-order chi connectivity index (χ1) is 15.5. The molecule has 1 unspecified atom stereocenters. The SMILES string of the molecule is COc1ccc(CCN=CC2C(=O)N(c3c(Cl)cccc3Cl)c3ccccc32)cc1OC. The van der Waals surface area contributed by atoms with Crippen LogP contribution < -0.4 is 14.4 Å². The minimum atomic E-state index is -0.496. The summed E-state index contributed by atoms with van der Waals surface area (Å²) >= 11 is 12.8. The third-order valence-electron chi connectivity index (χ3n) is 5.39. The van der Waals surface area contributed by atoms with Gasteiger partial charge in [0.2, 0.25) is 5.91 Å². The number of ether oxygens (including phenoxy) is 2. The summed E-state index contributed by atoms with van der Waals surface area (Å²) < 4.78 is 10.6. The van der Waals surface area contributed by atoms with Crippen LogP contribution in [0.25, 0.3) is 0 Å². The van der Waals surface area contributed by atoms with E-state index in [0.29, 0.717) is 40.2 Å². The van der Waals surface area contributed by atoms with Crippen molar-refractivity contribution < 1.29 is 14.3 Å². The highest BCUT2D eigenvalue weighted by Crippen LogP contribution is 2.46. The number of hydrogen-bond acceptors (Lipinski definition) is 4. The van der Waals surface area contributed by atoms with E-state index in [4.69, 9.17) is 32.7 Å². The second kappa shape index (κ2) is 9.63. The molecule has 1 atom stereocenters. The third kappa shape index (κ3) is 4.18. The van der Waals surface area contributed by atoms with Gasteiger partial charge in [-0.3, -0.25) is 14.7 Å². The highest BCUT2D eigenvalue weighted by molar-refractivity contribution is 6.41. The van der Waals surface area contributed by atoms with Gasteiger partial charge >= 0.3 is 0 Å². The molecule has 0 aromatic heterocycles. The molecule has 0 spiro atoms. The minimum Gasteiger partial charge on any atom is -0.493 e. The van der Waals surface area contributed by atoms with Gasteiger partial charge < -0.3 is 9.47 Å². The van der Waals surface area contributed by atoms with Gasteiger partial charge in [-0.05, 0) is 47.9 Å². The number of para-hydroxylation sites is 2. The minimum absolute atomic E-state index is 0.129. The summed E-state index contributed by atoms with van der Waals surface area (Å²) in [6.45, 7) is 0.536. The van der Waals surface area contributed by atoms with Crippen molar-refractivity contribution in [2.75, 3.05) is 25.7 Å². The number of nitrogens with zero attached hydrogens (tertiary/aromatic N) is 2. The van der Waals surface area contributed by atoms with Crippen molar-refractivity contribution in [3.05, 3.63) is 81.8 Å². The largest absolute Gasteiger partial charge is 0.493 e. The molecule has 0 saturated carbocycles. The Kier molecular flexibility index (Phi) is 6.68. The lowest BCUT2D eigenvalue weighted by Crippen LogP contribution is -2.25. The molecule has 4 rings (SSSR count). The molecule has 0 bridgehead atoms. The van der Waals surface area contributed by atoms with E-state index in [2.05, 4.69) is 4.99 Å². The number of rotatable bonds is 7. The fourth-order valence-electron chi connectivity index (χ4n) is 3.83. The maximum Gasteiger partial charge on any atom is 0.244 e. The summed E-state index contributed by atoms with van der Waals surface area (Å²) in [7, 11) is 3.22. The molecule has 1 aliphatic rings. The van der Waals surface area contributed by atoms with Gasteiger partial charge in [-0.15, -0.1) is 0 Å². The van der Waals surface area contributed by atoms with Crippen molar-refractivity contribution in [1.29, 1.82) is 0 Å². The van der Waals surface area contributed by atoms with E-state index in [9.17, 15) is 4.79 Å². The summed E-state index contributed by atoms with van der Waals surface area (Å²) in [6.07, 6.45) is 2.42. The zero-order chi connectivity index (χ0) is 22.7. The first-order valence-electron chi connectivity index (χ1n) is 10.1. The fraction of sp³-hybridized carbons (Fsp3) is 0.200. The summed E-state index contributed by atoms with van der Waals surface area (Å²) in [5.41, 5.74) is 3.21. The summed E-state index contributed by atoms with van der Waals surface area (Å²) in [5, 5.41) is 0.846. The molecule has 0 saturated heterocycles. The molecule has 3 aromatic rings. The number of halogens is 2. The van der Waals surface area contributed by atoms with Crippen molar-refractivity contribution in [1.82, 2.24) is 0 Å². The molecule has 7 heteroatoms. The summed E-state index contributed by atoms with van der Waals surface area (Å²) in [6, 6.07) is 18.6. The third-order valence-corrected chi connectivity index (χ3v) is 6.00. The van der Waals surface area contributed by atoms with E-state index in [1.165, 1.54) is 0 Å². The molecule has 1 heterocycles. The number of hydrogen-bond donors (Lipinski definition) is 0. The van der Waals surface area contributed by atoms with Gasteiger partial charge in [0.15, 0.2) is 11.5 Å². The van der Waals surface area contributed by atoms with Crippen LogP contribution in [0, 0.1) is 0 Å². The van der Waals surface area contributed by atoms with Crippen LogP contribution in [0.4, 0.5) is 11.4 Å². The highest BCUT2D eigenvalue weighted by atomic mass is 35.5. The number of methoxy groups -OCH3 is 2. The highest BCUT2D eigenvalue weighted by Gasteiger charge is 2.38. The van der Waals surface area contributed by atoms with Gasteiger partial charge in [-0.25, -0.2) is 0 Å². The first kappa shape index (κ1) is 22.2. The average molecular weight is 469 g/mol. The quantitative estimate of drug-likeness (QED) is 0.394. The second-order valence-electron chi connectivity index (χ2n) is 7.27. The van der Waals surface area contributed by atoms with Crippen LogP contribution in [0.2, 0.25) is 10.0 Å². The summed E-state index contributed by atoms with van der Waals surface area (Å²) in [5.74, 6) is 0.743. The predicted molar refractivity (Wildman–Crippen MR) is 129 cm³/mol. The molecule has 0 radical (unpaired) electrons. The van der Waals surface area contributed by atoms with Crippen molar-refractivity contribution in [2.45, 2.75) is 12.3 Å². The molecule has 3 aromatic carbocycles. The van der Waals surface area contributed by atoms with Gasteiger partial charge in [0.05, 0.1) is 35.6 Å². The Bertz CT molecular complexity index is 1160. The van der Waals surface area contributed by atoms with Gasteiger partial charge in [0.1, 0.15) is 5.92 Å². The molecule has 0 fully saturated rings. The van der Waals surface area contributed by atoms with Crippen LogP contribution in [-0.2, 0) is 11.2 Å². The molecule has 0 N–H and O–H groups in total. The van der Waals surface area contributed by atoms with Crippen LogP contribution in [0.1, 0.15) is 17.0 Å². The van der Waals surface area contributed by atoms with E-state index >= 15 is 0 Å². The van der Waals surface area contributed by atoms with Gasteiger partial charge in [-0.2, -0.15) is 0 Å². The molecule has 0 aliphatic carbocycles. The van der Waals surface area contributed by atoms with Crippen molar-refractivity contribution in [3.63, 3.8) is 0 Å². The lowest BCUT2D eigenvalue weighted by Gasteiger charge is -2.20. The van der Waals surface area contributed by atoms with E-state index in [1.807, 2.05) is 42.5 Å². The molecule has 164 valence electrons. The van der Waals surface area contributed by atoms with Crippen molar-refractivity contribution in [3.8, 4) is 11.5 Å². The Hall–Kier alpha value is -3.02. The zero-order valence-corrected chi connectivity index (χ0v) is 19.2. The topological polar surface area (TPSA) is 51.1 Å². The number of carbonyl (C=O) groups excluding carboxylic acids is 1. The summed E-state index contributed by atoms with van der Waals surface area (Å²) in [4.78, 5) is 19.5. The van der Waals surface area contributed by atoms with E-state index in [-0.39, 0.29) is 5.91 Å². The Labute approximate surface area is 197 Å². The number of fused-ring (bicyclic) bond motifs is 1. The Morgan fingerprint density at radius 1 is 0.969 bits per heavy atom. The van der Waals surface area contributed by atoms with Gasteiger partial charge in [-0.1, -0.05) is 53.5 Å². The standard InChI is InChI=1S/C25H22Cl2N2O3/c1-31-22-11-10-16(14-23(22)32-2)12-13-28-15-18-17-6-3-4-9-21(17)29(25(18)30)24-19(26)7-5-8-20(24)27/h3-11,14-15,18H,12-13H2,1-2H3. The number of amides is 1. The van der Waals surface area contributed by atoms with Crippen LogP contribution >= 0.6 is 23.2 Å². The molecular weight excluding hydrogens is 447 g/mol. The van der Waals surface area contributed by atoms with E-state index in [0.717, 1.165) is 16.8 Å². The Morgan fingerprint density at radius 3 is 2.41 bits per heavy atom. The van der Waals surface area contributed by atoms with Crippen LogP contribution in [0.3, 0.4) is 0 Å². The number of carbonyl (C=O) groups is 1. The fourth-order valence-corrected chi connectivity index (χ4v) is 4.40. The molecule has 5 nitrogen and oxygen atoms in total. The number of anilines is 2. The zero-order valence-electron chi connectivity index (χ0n) is 17.7. The molecule has 1 amide bonds. The normalized spacial score (nSPS) is 15.3. The van der Waals surface area contributed by atoms with E-state index < -0.39 is 5.92 Å². The monoisotopic (exact) mass is 468 g/mol. The number of aliphatic imine (C=N–C) groups is 1. The van der Waals surface area contributed by atoms with E-state index in [1.54, 1.807) is 43.5 Å². The molecule has 32 heavy (non-hydrogen) atoms. The van der Waals surface area contributed by atoms with Crippen LogP contribution in [0.15, 0.2) is 65.7 Å². The maximum absolute atomic E-state index is 13.4. The van der Waals surface area contributed by atoms with Crippen LogP contribution in [0.5, 0.6) is 11.5 Å².